The number of alkyl carbamates (subject to hydrolysis) is 1. The fraction of sp³-hybridized carbons (Fsp3) is 0.444. The van der Waals surface area contributed by atoms with E-state index in [4.69, 9.17) is 4.74 Å². The summed E-state index contributed by atoms with van der Waals surface area (Å²) in [6, 6.07) is 15.5. The van der Waals surface area contributed by atoms with Crippen molar-refractivity contribution in [1.82, 2.24) is 10.2 Å². The Hall–Kier alpha value is -3.35. The highest BCUT2D eigenvalue weighted by molar-refractivity contribution is 5.82. The van der Waals surface area contributed by atoms with Crippen LogP contribution in [0.5, 0.6) is 0 Å². The Balaban J connectivity index is 1.35. The van der Waals surface area contributed by atoms with Crippen molar-refractivity contribution in [3.63, 3.8) is 0 Å². The normalized spacial score (nSPS) is 21.2. The molecular formula is C27H32N2O5. The van der Waals surface area contributed by atoms with Crippen LogP contribution in [0.15, 0.2) is 48.5 Å². The van der Waals surface area contributed by atoms with Gasteiger partial charge in [-0.15, -0.1) is 0 Å². The average Bonchev–Trinajstić information content (AvgIpc) is 3.15. The zero-order valence-electron chi connectivity index (χ0n) is 19.9. The van der Waals surface area contributed by atoms with Gasteiger partial charge in [0, 0.05) is 24.5 Å². The molecule has 0 aromatic heterocycles. The number of fused-ring (bicyclic) bond motifs is 3. The molecule has 7 heteroatoms. The summed E-state index contributed by atoms with van der Waals surface area (Å²) in [6.45, 7) is 6.05. The van der Waals surface area contributed by atoms with Crippen LogP contribution in [0.2, 0.25) is 0 Å². The standard InChI is InChI=1S/C27H32N2O5/c1-16(25(30)29-14-8-13-19(18(29)3)26(31)32)17(2)28-27(33)34-15-24-22-11-6-4-9-20(22)21-10-5-7-12-23(21)24/h4-7,9-12,16-19,24H,8,13-15H2,1-3H3,(H,28,33)(H,31,32)/t16?,17?,18-,19-/m0/s1. The quantitative estimate of drug-likeness (QED) is 0.666. The molecule has 0 saturated carbocycles. The summed E-state index contributed by atoms with van der Waals surface area (Å²) in [7, 11) is 0. The monoisotopic (exact) mass is 464 g/mol. The first-order valence-corrected chi connectivity index (χ1v) is 11.9. The van der Waals surface area contributed by atoms with Crippen molar-refractivity contribution in [3.05, 3.63) is 59.7 Å². The number of carbonyl (C=O) groups excluding carboxylic acids is 2. The number of carboxylic acids is 1. The molecule has 34 heavy (non-hydrogen) atoms. The van der Waals surface area contributed by atoms with E-state index in [-0.39, 0.29) is 24.5 Å². The van der Waals surface area contributed by atoms with Crippen LogP contribution in [0.25, 0.3) is 11.1 Å². The summed E-state index contributed by atoms with van der Waals surface area (Å²) >= 11 is 0. The highest BCUT2D eigenvalue weighted by Crippen LogP contribution is 2.44. The molecule has 180 valence electrons. The van der Waals surface area contributed by atoms with Crippen LogP contribution in [0, 0.1) is 11.8 Å². The van der Waals surface area contributed by atoms with Crippen molar-refractivity contribution in [3.8, 4) is 11.1 Å². The third-order valence-electron chi connectivity index (χ3n) is 7.42. The topological polar surface area (TPSA) is 95.9 Å². The van der Waals surface area contributed by atoms with E-state index >= 15 is 0 Å². The zero-order chi connectivity index (χ0) is 24.4. The minimum atomic E-state index is -0.873. The molecule has 0 bridgehead atoms. The van der Waals surface area contributed by atoms with E-state index in [0.29, 0.717) is 19.4 Å². The number of rotatable bonds is 6. The number of likely N-dealkylation sites (tertiary alicyclic amines) is 1. The summed E-state index contributed by atoms with van der Waals surface area (Å²) in [4.78, 5) is 38.8. The Morgan fingerprint density at radius 3 is 2.24 bits per heavy atom. The molecule has 1 aliphatic carbocycles. The third-order valence-corrected chi connectivity index (χ3v) is 7.42. The van der Waals surface area contributed by atoms with Crippen LogP contribution < -0.4 is 5.32 Å². The number of aliphatic carboxylic acids is 1. The lowest BCUT2D eigenvalue weighted by Crippen LogP contribution is -2.53. The molecule has 1 saturated heterocycles. The summed E-state index contributed by atoms with van der Waals surface area (Å²) in [6.07, 6.45) is 0.667. The van der Waals surface area contributed by atoms with Gasteiger partial charge in [0.15, 0.2) is 0 Å². The van der Waals surface area contributed by atoms with Crippen molar-refractivity contribution in [2.75, 3.05) is 13.2 Å². The molecule has 2 aliphatic rings. The summed E-state index contributed by atoms with van der Waals surface area (Å²) in [5, 5.41) is 12.2. The van der Waals surface area contributed by atoms with Crippen molar-refractivity contribution < 1.29 is 24.2 Å². The largest absolute Gasteiger partial charge is 0.481 e. The molecule has 1 fully saturated rings. The predicted octanol–water partition coefficient (Wildman–Crippen LogP) is 4.26. The fourth-order valence-electron chi connectivity index (χ4n) is 5.21. The molecular weight excluding hydrogens is 432 g/mol. The molecule has 4 atom stereocenters. The molecule has 2 amide bonds. The highest BCUT2D eigenvalue weighted by atomic mass is 16.5. The second-order valence-electron chi connectivity index (χ2n) is 9.41. The lowest BCUT2D eigenvalue weighted by Gasteiger charge is -2.39. The van der Waals surface area contributed by atoms with Gasteiger partial charge < -0.3 is 20.1 Å². The van der Waals surface area contributed by atoms with Gasteiger partial charge in [-0.05, 0) is 48.9 Å². The van der Waals surface area contributed by atoms with Gasteiger partial charge in [-0.1, -0.05) is 55.5 Å². The van der Waals surface area contributed by atoms with Crippen LogP contribution >= 0.6 is 0 Å². The van der Waals surface area contributed by atoms with Crippen LogP contribution in [0.3, 0.4) is 0 Å². The maximum atomic E-state index is 13.1. The van der Waals surface area contributed by atoms with E-state index in [9.17, 15) is 19.5 Å². The van der Waals surface area contributed by atoms with Crippen molar-refractivity contribution in [2.45, 2.75) is 51.6 Å². The molecule has 2 aromatic carbocycles. The molecule has 7 nitrogen and oxygen atoms in total. The molecule has 2 unspecified atom stereocenters. The van der Waals surface area contributed by atoms with Crippen LogP contribution in [-0.2, 0) is 14.3 Å². The van der Waals surface area contributed by atoms with Crippen molar-refractivity contribution in [1.29, 1.82) is 0 Å². The van der Waals surface area contributed by atoms with Gasteiger partial charge in [0.1, 0.15) is 6.61 Å². The summed E-state index contributed by atoms with van der Waals surface area (Å²) in [5.41, 5.74) is 4.60. The first kappa shape index (κ1) is 23.8. The van der Waals surface area contributed by atoms with E-state index in [2.05, 4.69) is 29.6 Å². The second-order valence-corrected chi connectivity index (χ2v) is 9.41. The van der Waals surface area contributed by atoms with Gasteiger partial charge >= 0.3 is 12.1 Å². The van der Waals surface area contributed by atoms with Gasteiger partial charge in [0.25, 0.3) is 0 Å². The lowest BCUT2D eigenvalue weighted by molar-refractivity contribution is -0.150. The number of ether oxygens (including phenoxy) is 1. The molecule has 4 rings (SSSR count). The van der Waals surface area contributed by atoms with Crippen LogP contribution in [0.1, 0.15) is 50.7 Å². The first-order chi connectivity index (χ1) is 16.3. The maximum Gasteiger partial charge on any atom is 0.407 e. The number of benzene rings is 2. The van der Waals surface area contributed by atoms with Gasteiger partial charge in [0.05, 0.1) is 11.8 Å². The molecule has 2 N–H and O–H groups in total. The number of piperidine rings is 1. The number of hydrogen-bond acceptors (Lipinski definition) is 4. The minimum absolute atomic E-state index is 0.0327. The molecule has 0 radical (unpaired) electrons. The fourth-order valence-corrected chi connectivity index (χ4v) is 5.21. The Morgan fingerprint density at radius 1 is 1.06 bits per heavy atom. The Labute approximate surface area is 200 Å². The number of carbonyl (C=O) groups is 3. The Kier molecular flexibility index (Phi) is 6.91. The van der Waals surface area contributed by atoms with E-state index in [0.717, 1.165) is 22.3 Å². The third kappa shape index (κ3) is 4.52. The lowest BCUT2D eigenvalue weighted by atomic mass is 9.88. The van der Waals surface area contributed by atoms with E-state index in [1.54, 1.807) is 25.7 Å². The second kappa shape index (κ2) is 9.87. The highest BCUT2D eigenvalue weighted by Gasteiger charge is 2.38. The van der Waals surface area contributed by atoms with Crippen molar-refractivity contribution in [2.24, 2.45) is 11.8 Å². The average molecular weight is 465 g/mol. The predicted molar refractivity (Wildman–Crippen MR) is 128 cm³/mol. The molecule has 2 aromatic rings. The van der Waals surface area contributed by atoms with Crippen molar-refractivity contribution >= 4 is 18.0 Å². The molecule has 1 aliphatic heterocycles. The minimum Gasteiger partial charge on any atom is -0.481 e. The summed E-state index contributed by atoms with van der Waals surface area (Å²) in [5.74, 6) is -2.12. The molecule has 1 heterocycles. The number of carboxylic acid groups (broad SMARTS) is 1. The number of nitrogens with one attached hydrogen (secondary N) is 1. The number of amides is 2. The van der Waals surface area contributed by atoms with Gasteiger partial charge in [-0.3, -0.25) is 9.59 Å². The summed E-state index contributed by atoms with van der Waals surface area (Å²) < 4.78 is 5.60. The number of hydrogen-bond donors (Lipinski definition) is 2. The van der Waals surface area contributed by atoms with E-state index in [1.807, 2.05) is 24.3 Å². The zero-order valence-corrected chi connectivity index (χ0v) is 19.9. The Morgan fingerprint density at radius 2 is 1.65 bits per heavy atom. The molecule has 0 spiro atoms. The Bertz CT molecular complexity index is 1040. The van der Waals surface area contributed by atoms with Crippen LogP contribution in [-0.4, -0.2) is 53.2 Å². The first-order valence-electron chi connectivity index (χ1n) is 11.9. The van der Waals surface area contributed by atoms with Gasteiger partial charge in [-0.25, -0.2) is 4.79 Å². The number of nitrogens with zero attached hydrogens (tertiary/aromatic N) is 1. The maximum absolute atomic E-state index is 13.1. The van der Waals surface area contributed by atoms with E-state index < -0.39 is 29.9 Å². The van der Waals surface area contributed by atoms with E-state index in [1.165, 1.54) is 0 Å². The SMILES string of the molecule is CC(NC(=O)OCC1c2ccccc2-c2ccccc21)C(C)C(=O)N1CCC[C@H](C(=O)O)[C@@H]1C. The smallest absolute Gasteiger partial charge is 0.407 e. The van der Waals surface area contributed by atoms with Crippen LogP contribution in [0.4, 0.5) is 4.79 Å². The van der Waals surface area contributed by atoms with Gasteiger partial charge in [-0.2, -0.15) is 0 Å². The van der Waals surface area contributed by atoms with Gasteiger partial charge in [0.2, 0.25) is 5.91 Å².